The molecule has 0 saturated carbocycles. The zero-order valence-electron chi connectivity index (χ0n) is 6.65. The van der Waals surface area contributed by atoms with Crippen LogP contribution in [-0.4, -0.2) is 5.78 Å². The molecule has 0 fully saturated rings. The average Bonchev–Trinajstić information content (AvgIpc) is 2.59. The number of hydrogen-bond donors (Lipinski definition) is 0. The molecule has 1 aromatic heterocycles. The van der Waals surface area contributed by atoms with E-state index in [0.717, 1.165) is 5.39 Å². The second-order valence-corrected chi connectivity index (χ2v) is 2.59. The van der Waals surface area contributed by atoms with Crippen LogP contribution in [0, 0.1) is 11.3 Å². The maximum atomic E-state index is 10.9. The van der Waals surface area contributed by atoms with Crippen molar-refractivity contribution in [3.8, 4) is 6.07 Å². The summed E-state index contributed by atoms with van der Waals surface area (Å²) in [4.78, 5) is 10.9. The van der Waals surface area contributed by atoms with Gasteiger partial charge in [-0.15, -0.1) is 0 Å². The molecule has 0 unspecified atom stereocenters. The summed E-state index contributed by atoms with van der Waals surface area (Å²) in [7, 11) is 0. The van der Waals surface area contributed by atoms with Crippen molar-refractivity contribution in [2.24, 2.45) is 0 Å². The summed E-state index contributed by atoms with van der Waals surface area (Å²) >= 11 is 0. The first-order chi connectivity index (χ1) is 6.31. The number of nitrogens with zero attached hydrogens (tertiary/aromatic N) is 1. The normalized spacial score (nSPS) is 9.77. The van der Waals surface area contributed by atoms with Gasteiger partial charge in [-0.25, -0.2) is 0 Å². The molecule has 0 radical (unpaired) electrons. The molecule has 0 N–H and O–H groups in total. The van der Waals surface area contributed by atoms with Crippen molar-refractivity contribution in [3.63, 3.8) is 0 Å². The summed E-state index contributed by atoms with van der Waals surface area (Å²) in [5, 5.41) is 9.19. The highest BCUT2D eigenvalue weighted by Crippen LogP contribution is 2.18. The Morgan fingerprint density at radius 3 is 2.85 bits per heavy atom. The van der Waals surface area contributed by atoms with E-state index in [-0.39, 0.29) is 5.76 Å². The smallest absolute Gasteiger partial charge is 0.297 e. The Bertz CT molecular complexity index is 472. The molecule has 13 heavy (non-hydrogen) atoms. The molecule has 3 nitrogen and oxygen atoms in total. The monoisotopic (exact) mass is 171 g/mol. The zero-order valence-corrected chi connectivity index (χ0v) is 6.65. The van der Waals surface area contributed by atoms with E-state index in [2.05, 4.69) is 0 Å². The molecule has 0 bridgehead atoms. The molecule has 0 saturated heterocycles. The highest BCUT2D eigenvalue weighted by Gasteiger charge is 2.09. The Balaban J connectivity index is 2.64. The molecular formula is C10H5NO2. The molecule has 0 atom stereocenters. The summed E-state index contributed by atoms with van der Waals surface area (Å²) in [6.45, 7) is 0. The molecule has 0 aliphatic heterocycles. The molecule has 1 aromatic carbocycles. The van der Waals surface area contributed by atoms with E-state index in [1.54, 1.807) is 12.1 Å². The van der Waals surface area contributed by atoms with Crippen LogP contribution in [0.4, 0.5) is 0 Å². The van der Waals surface area contributed by atoms with Gasteiger partial charge >= 0.3 is 0 Å². The molecule has 0 spiro atoms. The predicted octanol–water partition coefficient (Wildman–Crippen LogP) is 2.14. The Labute approximate surface area is 74.2 Å². The maximum absolute atomic E-state index is 10.9. The number of ketones is 1. The van der Waals surface area contributed by atoms with Crippen molar-refractivity contribution in [2.75, 3.05) is 0 Å². The van der Waals surface area contributed by atoms with Crippen molar-refractivity contribution >= 4 is 16.8 Å². The topological polar surface area (TPSA) is 54.0 Å². The minimum atomic E-state index is -0.642. The molecule has 0 amide bonds. The lowest BCUT2D eigenvalue weighted by Crippen LogP contribution is -1.89. The Kier molecular flexibility index (Phi) is 1.60. The standard InChI is InChI=1S/C10H5NO2/c11-6-8(12)10-5-7-3-1-2-4-9(7)13-10/h1-5H. The largest absolute Gasteiger partial charge is 0.452 e. The van der Waals surface area contributed by atoms with Crippen LogP contribution in [0.1, 0.15) is 10.6 Å². The van der Waals surface area contributed by atoms with Crippen LogP contribution in [0.15, 0.2) is 34.7 Å². The first-order valence-corrected chi connectivity index (χ1v) is 3.74. The molecule has 2 rings (SSSR count). The third kappa shape index (κ3) is 1.18. The minimum absolute atomic E-state index is 0.101. The van der Waals surface area contributed by atoms with Gasteiger partial charge in [0.25, 0.3) is 5.78 Å². The van der Waals surface area contributed by atoms with Crippen molar-refractivity contribution in [1.29, 1.82) is 5.26 Å². The van der Waals surface area contributed by atoms with Gasteiger partial charge in [-0.3, -0.25) is 4.79 Å². The second kappa shape index (κ2) is 2.76. The molecule has 1 heterocycles. The number of fused-ring (bicyclic) bond motifs is 1. The van der Waals surface area contributed by atoms with Crippen LogP contribution < -0.4 is 0 Å². The SMILES string of the molecule is N#CC(=O)c1cc2ccccc2o1. The van der Waals surface area contributed by atoms with Gasteiger partial charge in [0.2, 0.25) is 0 Å². The first kappa shape index (κ1) is 7.56. The summed E-state index contributed by atoms with van der Waals surface area (Å²) < 4.78 is 5.15. The van der Waals surface area contributed by atoms with Gasteiger partial charge in [0.15, 0.2) is 5.76 Å². The third-order valence-electron chi connectivity index (χ3n) is 1.75. The van der Waals surface area contributed by atoms with E-state index in [1.165, 1.54) is 6.07 Å². The van der Waals surface area contributed by atoms with E-state index in [1.807, 2.05) is 18.2 Å². The van der Waals surface area contributed by atoms with Crippen LogP contribution in [0.5, 0.6) is 0 Å². The fourth-order valence-electron chi connectivity index (χ4n) is 1.15. The van der Waals surface area contributed by atoms with Gasteiger partial charge in [-0.2, -0.15) is 5.26 Å². The second-order valence-electron chi connectivity index (χ2n) is 2.59. The molecule has 62 valence electrons. The number of carbonyl (C=O) groups is 1. The first-order valence-electron chi connectivity index (χ1n) is 3.74. The Morgan fingerprint density at radius 1 is 1.38 bits per heavy atom. The van der Waals surface area contributed by atoms with Gasteiger partial charge in [0.1, 0.15) is 11.7 Å². The Hall–Kier alpha value is -2.08. The van der Waals surface area contributed by atoms with E-state index in [0.29, 0.717) is 5.58 Å². The molecule has 3 heteroatoms. The van der Waals surface area contributed by atoms with Gasteiger partial charge in [0.05, 0.1) is 0 Å². The van der Waals surface area contributed by atoms with Gasteiger partial charge in [0, 0.05) is 5.39 Å². The summed E-state index contributed by atoms with van der Waals surface area (Å²) in [6.07, 6.45) is 0. The van der Waals surface area contributed by atoms with Crippen LogP contribution in [0.25, 0.3) is 11.0 Å². The Morgan fingerprint density at radius 2 is 2.15 bits per heavy atom. The molecular weight excluding hydrogens is 166 g/mol. The zero-order chi connectivity index (χ0) is 9.26. The lowest BCUT2D eigenvalue weighted by Gasteiger charge is -1.82. The van der Waals surface area contributed by atoms with Crippen LogP contribution in [0.3, 0.4) is 0 Å². The van der Waals surface area contributed by atoms with Crippen molar-refractivity contribution in [3.05, 3.63) is 36.1 Å². The lowest BCUT2D eigenvalue weighted by molar-refractivity contribution is 0.103. The van der Waals surface area contributed by atoms with Gasteiger partial charge in [-0.05, 0) is 12.1 Å². The average molecular weight is 171 g/mol. The highest BCUT2D eigenvalue weighted by molar-refractivity contribution is 6.07. The van der Waals surface area contributed by atoms with Crippen LogP contribution >= 0.6 is 0 Å². The molecule has 2 aromatic rings. The van der Waals surface area contributed by atoms with E-state index >= 15 is 0 Å². The fourth-order valence-corrected chi connectivity index (χ4v) is 1.15. The van der Waals surface area contributed by atoms with E-state index in [9.17, 15) is 4.79 Å². The number of benzene rings is 1. The van der Waals surface area contributed by atoms with Crippen molar-refractivity contribution < 1.29 is 9.21 Å². The number of nitriles is 1. The summed E-state index contributed by atoms with van der Waals surface area (Å²) in [6, 6.07) is 10.3. The number of hydrogen-bond acceptors (Lipinski definition) is 3. The predicted molar refractivity (Wildman–Crippen MR) is 46.2 cm³/mol. The highest BCUT2D eigenvalue weighted by atomic mass is 16.3. The fraction of sp³-hybridized carbons (Fsp3) is 0. The number of para-hydroxylation sites is 1. The lowest BCUT2D eigenvalue weighted by atomic mass is 10.2. The van der Waals surface area contributed by atoms with Crippen LogP contribution in [0.2, 0.25) is 0 Å². The number of furan rings is 1. The minimum Gasteiger partial charge on any atom is -0.452 e. The molecule has 0 aliphatic rings. The maximum Gasteiger partial charge on any atom is 0.297 e. The molecule has 0 aliphatic carbocycles. The summed E-state index contributed by atoms with van der Waals surface area (Å²) in [5.74, 6) is -0.542. The van der Waals surface area contributed by atoms with E-state index in [4.69, 9.17) is 9.68 Å². The number of carbonyl (C=O) groups excluding carboxylic acids is 1. The van der Waals surface area contributed by atoms with Gasteiger partial charge < -0.3 is 4.42 Å². The van der Waals surface area contributed by atoms with Crippen molar-refractivity contribution in [2.45, 2.75) is 0 Å². The number of Topliss-reactive ketones (excluding diaryl/α,β-unsaturated/α-hetero) is 1. The van der Waals surface area contributed by atoms with Crippen molar-refractivity contribution in [1.82, 2.24) is 0 Å². The number of rotatable bonds is 1. The van der Waals surface area contributed by atoms with Gasteiger partial charge in [-0.1, -0.05) is 18.2 Å². The summed E-state index contributed by atoms with van der Waals surface area (Å²) in [5.41, 5.74) is 0.626. The quantitative estimate of drug-likeness (QED) is 0.487. The van der Waals surface area contributed by atoms with E-state index < -0.39 is 5.78 Å². The van der Waals surface area contributed by atoms with Crippen LogP contribution in [-0.2, 0) is 0 Å². The third-order valence-corrected chi connectivity index (χ3v) is 1.75.